The number of nitrogens with one attached hydrogen (secondary N) is 1. The van der Waals surface area contributed by atoms with Crippen LogP contribution in [0, 0.1) is 13.8 Å². The Morgan fingerprint density at radius 2 is 1.87 bits per heavy atom. The van der Waals surface area contributed by atoms with E-state index in [4.69, 9.17) is 14.2 Å². The quantitative estimate of drug-likeness (QED) is 0.518. The minimum absolute atomic E-state index is 0.324. The van der Waals surface area contributed by atoms with Crippen LogP contribution in [0.5, 0.6) is 11.5 Å². The summed E-state index contributed by atoms with van der Waals surface area (Å²) >= 11 is 1.56. The highest BCUT2D eigenvalue weighted by Crippen LogP contribution is 2.25. The van der Waals surface area contributed by atoms with Crippen LogP contribution in [0.25, 0.3) is 0 Å². The van der Waals surface area contributed by atoms with Crippen LogP contribution in [0.15, 0.2) is 47.8 Å². The summed E-state index contributed by atoms with van der Waals surface area (Å²) in [6.45, 7) is 5.72. The molecule has 0 aliphatic carbocycles. The molecule has 0 radical (unpaired) electrons. The molecule has 0 spiro atoms. The summed E-state index contributed by atoms with van der Waals surface area (Å²) in [5.41, 5.74) is 2.67. The van der Waals surface area contributed by atoms with Gasteiger partial charge in [0.2, 0.25) is 0 Å². The Morgan fingerprint density at radius 1 is 1.13 bits per heavy atom. The van der Waals surface area contributed by atoms with Gasteiger partial charge in [-0.15, -0.1) is 11.3 Å². The summed E-state index contributed by atoms with van der Waals surface area (Å²) in [5.74, 6) is 0.0942. The monoisotopic (exact) mass is 440 g/mol. The Kier molecular flexibility index (Phi) is 7.25. The molecule has 8 heteroatoms. The number of benzene rings is 2. The molecule has 7 nitrogen and oxygen atoms in total. The lowest BCUT2D eigenvalue weighted by Gasteiger charge is -2.16. The summed E-state index contributed by atoms with van der Waals surface area (Å²) in [5, 5.41) is 5.66. The lowest BCUT2D eigenvalue weighted by Crippen LogP contribution is -2.30. The number of anilines is 1. The van der Waals surface area contributed by atoms with Gasteiger partial charge in [-0.3, -0.25) is 4.79 Å². The van der Waals surface area contributed by atoms with Crippen LogP contribution in [0.3, 0.4) is 0 Å². The van der Waals surface area contributed by atoms with Gasteiger partial charge in [-0.05, 0) is 62.7 Å². The Labute approximate surface area is 185 Å². The van der Waals surface area contributed by atoms with E-state index in [0.717, 1.165) is 16.3 Å². The summed E-state index contributed by atoms with van der Waals surface area (Å²) in [6.07, 6.45) is -0.985. The Hall–Kier alpha value is -3.39. The number of aryl methyl sites for hydroxylation is 2. The molecule has 0 aliphatic rings. The number of aromatic nitrogens is 1. The number of carbonyl (C=O) groups is 2. The highest BCUT2D eigenvalue weighted by molar-refractivity contribution is 7.09. The van der Waals surface area contributed by atoms with E-state index in [9.17, 15) is 9.59 Å². The summed E-state index contributed by atoms with van der Waals surface area (Å²) in [7, 11) is 1.52. The van der Waals surface area contributed by atoms with E-state index in [1.165, 1.54) is 14.0 Å². The van der Waals surface area contributed by atoms with Gasteiger partial charge >= 0.3 is 5.97 Å². The van der Waals surface area contributed by atoms with Crippen molar-refractivity contribution < 1.29 is 23.8 Å². The molecule has 3 aromatic rings. The standard InChI is InChI=1S/C23H24N2O5S/c1-14-5-10-21(28-4)20(11-14)25-22(26)15(2)30-23(27)17-6-8-19(9-7-17)29-12-18-13-31-16(3)24-18/h5-11,13,15H,12H2,1-4H3,(H,25,26). The minimum atomic E-state index is -0.985. The maximum atomic E-state index is 12.5. The van der Waals surface area contributed by atoms with E-state index in [0.29, 0.717) is 29.4 Å². The molecule has 0 bridgehead atoms. The number of hydrogen-bond donors (Lipinski definition) is 1. The summed E-state index contributed by atoms with van der Waals surface area (Å²) in [4.78, 5) is 29.2. The molecular weight excluding hydrogens is 416 g/mol. The van der Waals surface area contributed by atoms with Gasteiger partial charge in [0.1, 0.15) is 18.1 Å². The fourth-order valence-electron chi connectivity index (χ4n) is 2.76. The summed E-state index contributed by atoms with van der Waals surface area (Å²) in [6, 6.07) is 12.0. The molecule has 3 rings (SSSR count). The van der Waals surface area contributed by atoms with E-state index < -0.39 is 18.0 Å². The molecule has 1 N–H and O–H groups in total. The van der Waals surface area contributed by atoms with Crippen molar-refractivity contribution in [3.63, 3.8) is 0 Å². The molecule has 0 fully saturated rings. The molecule has 1 amide bonds. The molecule has 0 saturated carbocycles. The van der Waals surface area contributed by atoms with Gasteiger partial charge in [-0.1, -0.05) is 6.07 Å². The van der Waals surface area contributed by atoms with E-state index in [-0.39, 0.29) is 0 Å². The molecule has 2 aromatic carbocycles. The van der Waals surface area contributed by atoms with Crippen molar-refractivity contribution in [2.75, 3.05) is 12.4 Å². The van der Waals surface area contributed by atoms with Crippen LogP contribution in [-0.2, 0) is 16.1 Å². The maximum Gasteiger partial charge on any atom is 0.338 e. The number of thiazole rings is 1. The van der Waals surface area contributed by atoms with Crippen molar-refractivity contribution in [3.05, 3.63) is 69.7 Å². The van der Waals surface area contributed by atoms with Crippen LogP contribution in [0.1, 0.15) is 33.5 Å². The first-order valence-electron chi connectivity index (χ1n) is 9.66. The number of amides is 1. The largest absolute Gasteiger partial charge is 0.495 e. The second kappa shape index (κ2) is 10.1. The fraction of sp³-hybridized carbons (Fsp3) is 0.261. The predicted molar refractivity (Wildman–Crippen MR) is 119 cm³/mol. The SMILES string of the molecule is COc1ccc(C)cc1NC(=O)C(C)OC(=O)c1ccc(OCc2csc(C)n2)cc1. The highest BCUT2D eigenvalue weighted by Gasteiger charge is 2.20. The normalized spacial score (nSPS) is 11.5. The third kappa shape index (κ3) is 6.05. The van der Waals surface area contributed by atoms with Crippen LogP contribution in [-0.4, -0.2) is 30.1 Å². The number of hydrogen-bond acceptors (Lipinski definition) is 7. The van der Waals surface area contributed by atoms with Crippen molar-refractivity contribution in [3.8, 4) is 11.5 Å². The first-order valence-corrected chi connectivity index (χ1v) is 10.5. The molecule has 0 aliphatic heterocycles. The average molecular weight is 441 g/mol. The number of nitrogens with zero attached hydrogens (tertiary/aromatic N) is 1. The number of esters is 1. The number of carbonyl (C=O) groups excluding carboxylic acids is 2. The van der Waals surface area contributed by atoms with Crippen molar-refractivity contribution >= 4 is 28.9 Å². The second-order valence-electron chi connectivity index (χ2n) is 6.91. The van der Waals surface area contributed by atoms with E-state index in [1.54, 1.807) is 47.7 Å². The zero-order chi connectivity index (χ0) is 22.4. The van der Waals surface area contributed by atoms with Crippen LogP contribution < -0.4 is 14.8 Å². The molecule has 0 saturated heterocycles. The molecule has 162 valence electrons. The van der Waals surface area contributed by atoms with Gasteiger partial charge in [0.25, 0.3) is 5.91 Å². The van der Waals surface area contributed by atoms with Crippen molar-refractivity contribution in [2.24, 2.45) is 0 Å². The number of rotatable bonds is 8. The molecule has 1 aromatic heterocycles. The van der Waals surface area contributed by atoms with Gasteiger partial charge in [0.15, 0.2) is 6.10 Å². The van der Waals surface area contributed by atoms with Crippen LogP contribution in [0.2, 0.25) is 0 Å². The minimum Gasteiger partial charge on any atom is -0.495 e. The van der Waals surface area contributed by atoms with Crippen LogP contribution >= 0.6 is 11.3 Å². The Balaban J connectivity index is 1.55. The highest BCUT2D eigenvalue weighted by atomic mass is 32.1. The fourth-order valence-corrected chi connectivity index (χ4v) is 3.35. The molecule has 1 heterocycles. The maximum absolute atomic E-state index is 12.5. The van der Waals surface area contributed by atoms with Crippen molar-refractivity contribution in [1.82, 2.24) is 4.98 Å². The van der Waals surface area contributed by atoms with Gasteiger partial charge in [0, 0.05) is 5.38 Å². The van der Waals surface area contributed by atoms with Crippen LogP contribution in [0.4, 0.5) is 5.69 Å². The third-order valence-corrected chi connectivity index (χ3v) is 5.23. The van der Waals surface area contributed by atoms with Gasteiger partial charge in [-0.25, -0.2) is 9.78 Å². The zero-order valence-electron chi connectivity index (χ0n) is 17.8. The zero-order valence-corrected chi connectivity index (χ0v) is 18.6. The summed E-state index contributed by atoms with van der Waals surface area (Å²) < 4.78 is 16.2. The van der Waals surface area contributed by atoms with Gasteiger partial charge < -0.3 is 19.5 Å². The van der Waals surface area contributed by atoms with Gasteiger partial charge in [0.05, 0.1) is 29.1 Å². The lowest BCUT2D eigenvalue weighted by atomic mass is 10.2. The van der Waals surface area contributed by atoms with E-state index in [2.05, 4.69) is 10.3 Å². The molecule has 1 atom stereocenters. The van der Waals surface area contributed by atoms with E-state index in [1.807, 2.05) is 25.3 Å². The van der Waals surface area contributed by atoms with Crippen molar-refractivity contribution in [2.45, 2.75) is 33.5 Å². The first kappa shape index (κ1) is 22.3. The Bertz CT molecular complexity index is 1060. The number of ether oxygens (including phenoxy) is 3. The average Bonchev–Trinajstić information content (AvgIpc) is 3.17. The first-order chi connectivity index (χ1) is 14.9. The topological polar surface area (TPSA) is 86.8 Å². The van der Waals surface area contributed by atoms with Crippen molar-refractivity contribution in [1.29, 1.82) is 0 Å². The lowest BCUT2D eigenvalue weighted by molar-refractivity contribution is -0.123. The van der Waals surface area contributed by atoms with E-state index >= 15 is 0 Å². The third-order valence-electron chi connectivity index (χ3n) is 4.41. The number of methoxy groups -OCH3 is 1. The molecule has 31 heavy (non-hydrogen) atoms. The Morgan fingerprint density at radius 3 is 2.52 bits per heavy atom. The van der Waals surface area contributed by atoms with Gasteiger partial charge in [-0.2, -0.15) is 0 Å². The predicted octanol–water partition coefficient (Wildman–Crippen LogP) is 4.53. The molecular formula is C23H24N2O5S. The molecule has 1 unspecified atom stereocenters. The smallest absolute Gasteiger partial charge is 0.338 e. The second-order valence-corrected chi connectivity index (χ2v) is 7.97.